The predicted molar refractivity (Wildman–Crippen MR) is 105 cm³/mol. The van der Waals surface area contributed by atoms with E-state index in [9.17, 15) is 13.2 Å². The first kappa shape index (κ1) is 18.4. The fourth-order valence-electron chi connectivity index (χ4n) is 2.95. The number of alkyl halides is 3. The van der Waals surface area contributed by atoms with Crippen LogP contribution in [-0.2, 0) is 6.18 Å². The van der Waals surface area contributed by atoms with E-state index in [4.69, 9.17) is 5.73 Å². The van der Waals surface area contributed by atoms with Crippen molar-refractivity contribution in [2.75, 3.05) is 5.73 Å². The van der Waals surface area contributed by atoms with Crippen molar-refractivity contribution in [1.82, 2.24) is 15.0 Å². The summed E-state index contributed by atoms with van der Waals surface area (Å²) >= 11 is 3.45. The quantitative estimate of drug-likeness (QED) is 0.429. The van der Waals surface area contributed by atoms with Gasteiger partial charge in [-0.1, -0.05) is 40.2 Å². The van der Waals surface area contributed by atoms with Gasteiger partial charge in [0.15, 0.2) is 5.65 Å². The predicted octanol–water partition coefficient (Wildman–Crippen LogP) is 5.72. The maximum absolute atomic E-state index is 12.8. The van der Waals surface area contributed by atoms with Crippen molar-refractivity contribution in [3.8, 4) is 22.4 Å². The molecule has 0 spiro atoms. The van der Waals surface area contributed by atoms with Gasteiger partial charge in [0.2, 0.25) is 0 Å². The van der Waals surface area contributed by atoms with Gasteiger partial charge in [-0.2, -0.15) is 13.2 Å². The van der Waals surface area contributed by atoms with Gasteiger partial charge in [0, 0.05) is 10.0 Å². The number of hydrogen-bond acceptors (Lipinski definition) is 4. The van der Waals surface area contributed by atoms with E-state index < -0.39 is 11.7 Å². The number of nitrogens with two attached hydrogens (primary N) is 1. The highest BCUT2D eigenvalue weighted by molar-refractivity contribution is 9.10. The molecule has 0 aliphatic carbocycles. The molecule has 0 aliphatic heterocycles. The van der Waals surface area contributed by atoms with E-state index >= 15 is 0 Å². The largest absolute Gasteiger partial charge is 0.416 e. The number of hydrogen-bond donors (Lipinski definition) is 1. The Morgan fingerprint density at radius 3 is 2.32 bits per heavy atom. The smallest absolute Gasteiger partial charge is 0.383 e. The molecule has 0 aliphatic rings. The van der Waals surface area contributed by atoms with Gasteiger partial charge in [-0.3, -0.25) is 0 Å². The number of anilines is 1. The highest BCUT2D eigenvalue weighted by Crippen LogP contribution is 2.35. The molecule has 0 saturated carbocycles. The summed E-state index contributed by atoms with van der Waals surface area (Å²) in [5.74, 6) is 0.284. The molecule has 4 aromatic rings. The Morgan fingerprint density at radius 1 is 0.893 bits per heavy atom. The van der Waals surface area contributed by atoms with Crippen LogP contribution in [0.2, 0.25) is 0 Å². The topological polar surface area (TPSA) is 64.7 Å². The van der Waals surface area contributed by atoms with Crippen molar-refractivity contribution in [3.05, 3.63) is 71.0 Å². The van der Waals surface area contributed by atoms with Crippen molar-refractivity contribution in [2.45, 2.75) is 6.18 Å². The molecule has 2 N–H and O–H groups in total. The van der Waals surface area contributed by atoms with Gasteiger partial charge in [-0.15, -0.1) is 0 Å². The molecule has 28 heavy (non-hydrogen) atoms. The summed E-state index contributed by atoms with van der Waals surface area (Å²) in [6.07, 6.45) is -3.08. The molecule has 0 amide bonds. The number of aromatic nitrogens is 3. The van der Waals surface area contributed by atoms with Crippen LogP contribution in [-0.4, -0.2) is 15.0 Å². The van der Waals surface area contributed by atoms with E-state index in [-0.39, 0.29) is 5.82 Å². The van der Waals surface area contributed by atoms with Crippen LogP contribution in [0.15, 0.2) is 65.4 Å². The molecule has 2 aromatic carbocycles. The molecule has 4 rings (SSSR count). The molecule has 0 fully saturated rings. The summed E-state index contributed by atoms with van der Waals surface area (Å²) in [6, 6.07) is 14.2. The molecular weight excluding hydrogens is 433 g/mol. The van der Waals surface area contributed by atoms with Gasteiger partial charge >= 0.3 is 6.18 Å². The number of halogens is 4. The molecule has 2 aromatic heterocycles. The highest BCUT2D eigenvalue weighted by atomic mass is 79.9. The van der Waals surface area contributed by atoms with E-state index in [0.717, 1.165) is 27.7 Å². The zero-order valence-electron chi connectivity index (χ0n) is 14.2. The van der Waals surface area contributed by atoms with E-state index in [1.54, 1.807) is 6.07 Å². The van der Waals surface area contributed by atoms with Gasteiger partial charge in [0.05, 0.1) is 16.6 Å². The normalized spacial score (nSPS) is 11.7. The van der Waals surface area contributed by atoms with Gasteiger partial charge in [-0.25, -0.2) is 15.0 Å². The first-order valence-electron chi connectivity index (χ1n) is 8.18. The number of pyridine rings is 1. The summed E-state index contributed by atoms with van der Waals surface area (Å²) in [5, 5.41) is 0.594. The average Bonchev–Trinajstić information content (AvgIpc) is 2.67. The van der Waals surface area contributed by atoms with Crippen LogP contribution in [0.3, 0.4) is 0 Å². The molecule has 140 valence electrons. The second-order valence-corrected chi connectivity index (χ2v) is 7.01. The van der Waals surface area contributed by atoms with Gasteiger partial charge in [0.25, 0.3) is 0 Å². The third kappa shape index (κ3) is 3.43. The lowest BCUT2D eigenvalue weighted by Gasteiger charge is -2.12. The molecule has 0 unspecified atom stereocenters. The van der Waals surface area contributed by atoms with Gasteiger partial charge in [-0.05, 0) is 41.5 Å². The maximum atomic E-state index is 12.8. The minimum Gasteiger partial charge on any atom is -0.383 e. The van der Waals surface area contributed by atoms with Crippen LogP contribution in [0.4, 0.5) is 19.0 Å². The number of benzene rings is 2. The third-order valence-corrected chi connectivity index (χ3v) is 4.77. The first-order valence-corrected chi connectivity index (χ1v) is 8.97. The summed E-state index contributed by atoms with van der Waals surface area (Å²) in [6.45, 7) is 0. The summed E-state index contributed by atoms with van der Waals surface area (Å²) in [7, 11) is 0. The maximum Gasteiger partial charge on any atom is 0.416 e. The zero-order chi connectivity index (χ0) is 19.9. The number of nitrogens with zero attached hydrogens (tertiary/aromatic N) is 3. The monoisotopic (exact) mass is 444 g/mol. The summed E-state index contributed by atoms with van der Waals surface area (Å²) < 4.78 is 39.4. The standard InChI is InChI=1S/C20H12BrF3N4/c21-14-3-1-2-12(8-14)15-9-16(28-19-17(15)18(25)26-10-27-19)11-4-6-13(7-5-11)20(22,23)24/h1-10H,(H2,25,26,27,28). The Kier molecular flexibility index (Phi) is 4.50. The van der Waals surface area contributed by atoms with Crippen LogP contribution in [0.1, 0.15) is 5.56 Å². The number of fused-ring (bicyclic) bond motifs is 1. The molecule has 0 saturated heterocycles. The lowest BCUT2D eigenvalue weighted by molar-refractivity contribution is -0.137. The van der Waals surface area contributed by atoms with E-state index in [2.05, 4.69) is 30.9 Å². The van der Waals surface area contributed by atoms with Crippen molar-refractivity contribution in [1.29, 1.82) is 0 Å². The molecule has 0 radical (unpaired) electrons. The number of nitrogen functional groups attached to an aromatic ring is 1. The van der Waals surface area contributed by atoms with Gasteiger partial charge in [0.1, 0.15) is 12.1 Å². The van der Waals surface area contributed by atoms with Crippen molar-refractivity contribution in [2.24, 2.45) is 0 Å². The van der Waals surface area contributed by atoms with Crippen molar-refractivity contribution >= 4 is 32.8 Å². The molecule has 0 bridgehead atoms. The second kappa shape index (κ2) is 6.87. The SMILES string of the molecule is Nc1ncnc2nc(-c3ccc(C(F)(F)F)cc3)cc(-c3cccc(Br)c3)c12. The molecule has 0 atom stereocenters. The van der Waals surface area contributed by atoms with E-state index in [1.165, 1.54) is 18.5 Å². The summed E-state index contributed by atoms with van der Waals surface area (Å²) in [4.78, 5) is 12.7. The Hall–Kier alpha value is -3.00. The molecule has 4 nitrogen and oxygen atoms in total. The Bertz CT molecular complexity index is 1170. The first-order chi connectivity index (χ1) is 13.3. The highest BCUT2D eigenvalue weighted by Gasteiger charge is 2.30. The second-order valence-electron chi connectivity index (χ2n) is 6.10. The summed E-state index contributed by atoms with van der Waals surface area (Å²) in [5.41, 5.74) is 8.37. The van der Waals surface area contributed by atoms with E-state index in [0.29, 0.717) is 22.3 Å². The molecule has 8 heteroatoms. The Balaban J connectivity index is 1.94. The third-order valence-electron chi connectivity index (χ3n) is 4.28. The fourth-order valence-corrected chi connectivity index (χ4v) is 3.35. The molecule has 2 heterocycles. The fraction of sp³-hybridized carbons (Fsp3) is 0.0500. The Labute approximate surface area is 166 Å². The number of rotatable bonds is 2. The van der Waals surface area contributed by atoms with E-state index in [1.807, 2.05) is 24.3 Å². The average molecular weight is 445 g/mol. The van der Waals surface area contributed by atoms with Gasteiger partial charge < -0.3 is 5.73 Å². The van der Waals surface area contributed by atoms with Crippen molar-refractivity contribution in [3.63, 3.8) is 0 Å². The van der Waals surface area contributed by atoms with Crippen LogP contribution in [0.5, 0.6) is 0 Å². The lowest BCUT2D eigenvalue weighted by Crippen LogP contribution is -2.04. The van der Waals surface area contributed by atoms with Crippen LogP contribution in [0.25, 0.3) is 33.4 Å². The minimum absolute atomic E-state index is 0.284. The van der Waals surface area contributed by atoms with Crippen LogP contribution < -0.4 is 5.73 Å². The van der Waals surface area contributed by atoms with Crippen LogP contribution >= 0.6 is 15.9 Å². The van der Waals surface area contributed by atoms with Crippen molar-refractivity contribution < 1.29 is 13.2 Å². The van der Waals surface area contributed by atoms with Crippen LogP contribution in [0, 0.1) is 0 Å². The zero-order valence-corrected chi connectivity index (χ0v) is 15.8. The molecular formula is C20H12BrF3N4. The lowest BCUT2D eigenvalue weighted by atomic mass is 9.99. The minimum atomic E-state index is -4.39. The Morgan fingerprint density at radius 2 is 1.64 bits per heavy atom.